The summed E-state index contributed by atoms with van der Waals surface area (Å²) in [4.78, 5) is 21.5. The Bertz CT molecular complexity index is 926. The highest BCUT2D eigenvalue weighted by Gasteiger charge is 2.14. The highest BCUT2D eigenvalue weighted by molar-refractivity contribution is 6.06. The van der Waals surface area contributed by atoms with Crippen LogP contribution in [0.5, 0.6) is 0 Å². The molecule has 0 fully saturated rings. The van der Waals surface area contributed by atoms with Crippen molar-refractivity contribution in [2.45, 2.75) is 27.7 Å². The van der Waals surface area contributed by atoms with Crippen LogP contribution in [0.15, 0.2) is 18.2 Å². The zero-order chi connectivity index (χ0) is 16.7. The number of amides is 1. The van der Waals surface area contributed by atoms with E-state index in [-0.39, 0.29) is 5.91 Å². The van der Waals surface area contributed by atoms with Crippen LogP contribution in [0.4, 0.5) is 5.69 Å². The fourth-order valence-corrected chi connectivity index (χ4v) is 2.51. The maximum absolute atomic E-state index is 12.5. The van der Waals surface area contributed by atoms with Gasteiger partial charge in [-0.2, -0.15) is 5.10 Å². The molecule has 0 saturated heterocycles. The van der Waals surface area contributed by atoms with Crippen LogP contribution in [-0.4, -0.2) is 25.7 Å². The van der Waals surface area contributed by atoms with E-state index in [1.165, 1.54) is 0 Å². The molecule has 0 aliphatic heterocycles. The van der Waals surface area contributed by atoms with E-state index in [1.807, 2.05) is 40.8 Å². The van der Waals surface area contributed by atoms with Crippen LogP contribution < -0.4 is 5.32 Å². The third-order valence-electron chi connectivity index (χ3n) is 4.09. The molecule has 0 radical (unpaired) electrons. The summed E-state index contributed by atoms with van der Waals surface area (Å²) >= 11 is 0. The third kappa shape index (κ3) is 2.67. The second-order valence-electron chi connectivity index (χ2n) is 5.72. The lowest BCUT2D eigenvalue weighted by atomic mass is 10.1. The number of hydrogen-bond acceptors (Lipinski definition) is 4. The van der Waals surface area contributed by atoms with Crippen LogP contribution >= 0.6 is 0 Å². The largest absolute Gasteiger partial charge is 0.319 e. The van der Waals surface area contributed by atoms with Gasteiger partial charge in [-0.15, -0.1) is 0 Å². The Balaban J connectivity index is 1.96. The average molecular weight is 309 g/mol. The Morgan fingerprint density at radius 3 is 2.26 bits per heavy atom. The molecule has 0 aliphatic rings. The van der Waals surface area contributed by atoms with Gasteiger partial charge in [0, 0.05) is 12.6 Å². The minimum absolute atomic E-state index is 0.175. The molecule has 0 bridgehead atoms. The highest BCUT2D eigenvalue weighted by Crippen LogP contribution is 2.20. The van der Waals surface area contributed by atoms with E-state index in [0.717, 1.165) is 39.5 Å². The van der Waals surface area contributed by atoms with E-state index in [2.05, 4.69) is 20.4 Å². The van der Waals surface area contributed by atoms with Gasteiger partial charge in [0.2, 0.25) is 0 Å². The van der Waals surface area contributed by atoms with Crippen molar-refractivity contribution >= 4 is 22.6 Å². The number of benzene rings is 1. The molecule has 0 unspecified atom stereocenters. The van der Waals surface area contributed by atoms with Crippen molar-refractivity contribution in [1.82, 2.24) is 19.7 Å². The molecular formula is C17H19N5O. The molecule has 2 aromatic heterocycles. The summed E-state index contributed by atoms with van der Waals surface area (Å²) in [6.45, 7) is 7.64. The van der Waals surface area contributed by atoms with Crippen molar-refractivity contribution in [1.29, 1.82) is 0 Å². The number of nitrogens with one attached hydrogen (secondary N) is 1. The number of fused-ring (bicyclic) bond motifs is 1. The highest BCUT2D eigenvalue weighted by atomic mass is 16.1. The molecule has 3 aromatic rings. The van der Waals surface area contributed by atoms with Crippen LogP contribution in [0.1, 0.15) is 33.1 Å². The molecule has 0 aliphatic carbocycles. The number of nitrogens with zero attached hydrogens (tertiary/aromatic N) is 4. The van der Waals surface area contributed by atoms with E-state index in [9.17, 15) is 4.79 Å². The second-order valence-corrected chi connectivity index (χ2v) is 5.72. The fraction of sp³-hybridized carbons (Fsp3) is 0.294. The van der Waals surface area contributed by atoms with Crippen LogP contribution in [0.3, 0.4) is 0 Å². The smallest absolute Gasteiger partial charge is 0.255 e. The van der Waals surface area contributed by atoms with Crippen LogP contribution in [-0.2, 0) is 7.05 Å². The van der Waals surface area contributed by atoms with Gasteiger partial charge in [0.05, 0.1) is 39.5 Å². The number of aromatic nitrogens is 4. The Morgan fingerprint density at radius 1 is 1.00 bits per heavy atom. The predicted octanol–water partition coefficient (Wildman–Crippen LogP) is 2.85. The Kier molecular flexibility index (Phi) is 3.60. The molecule has 0 atom stereocenters. The first-order valence-corrected chi connectivity index (χ1v) is 7.43. The number of carbonyl (C=O) groups excluding carboxylic acids is 1. The molecule has 6 nitrogen and oxygen atoms in total. The molecule has 0 saturated carbocycles. The predicted molar refractivity (Wildman–Crippen MR) is 89.6 cm³/mol. The molecule has 23 heavy (non-hydrogen) atoms. The summed E-state index contributed by atoms with van der Waals surface area (Å²) in [7, 11) is 1.86. The molecule has 0 spiro atoms. The summed E-state index contributed by atoms with van der Waals surface area (Å²) in [6, 6.07) is 5.36. The van der Waals surface area contributed by atoms with E-state index >= 15 is 0 Å². The van der Waals surface area contributed by atoms with Gasteiger partial charge in [-0.3, -0.25) is 9.48 Å². The summed E-state index contributed by atoms with van der Waals surface area (Å²) in [6.07, 6.45) is 0. The van der Waals surface area contributed by atoms with E-state index in [0.29, 0.717) is 5.56 Å². The standard InChI is InChI=1S/C17H19N5O/c1-9-10(2)19-15-8-13(6-7-14(15)18-9)17(23)20-16-11(3)21-22(5)12(16)4/h6-8H,1-5H3,(H,20,23). The van der Waals surface area contributed by atoms with Gasteiger partial charge in [-0.25, -0.2) is 9.97 Å². The van der Waals surface area contributed by atoms with Crippen LogP contribution in [0.2, 0.25) is 0 Å². The number of carbonyl (C=O) groups is 1. The first-order valence-electron chi connectivity index (χ1n) is 7.43. The molecule has 2 heterocycles. The van der Waals surface area contributed by atoms with Gasteiger partial charge < -0.3 is 5.32 Å². The lowest BCUT2D eigenvalue weighted by Gasteiger charge is -2.07. The van der Waals surface area contributed by atoms with Gasteiger partial charge in [0.25, 0.3) is 5.91 Å². The third-order valence-corrected chi connectivity index (χ3v) is 4.09. The Hall–Kier alpha value is -2.76. The van der Waals surface area contributed by atoms with Crippen molar-refractivity contribution < 1.29 is 4.79 Å². The lowest BCUT2D eigenvalue weighted by molar-refractivity contribution is 0.102. The Labute approximate surface area is 134 Å². The van der Waals surface area contributed by atoms with E-state index in [1.54, 1.807) is 16.8 Å². The SMILES string of the molecule is Cc1nc2ccc(C(=O)Nc3c(C)nn(C)c3C)cc2nc1C. The molecule has 3 rings (SSSR count). The number of aryl methyl sites for hydroxylation is 4. The maximum atomic E-state index is 12.5. The quantitative estimate of drug-likeness (QED) is 0.790. The summed E-state index contributed by atoms with van der Waals surface area (Å²) in [5.41, 5.74) is 6.30. The summed E-state index contributed by atoms with van der Waals surface area (Å²) < 4.78 is 1.75. The molecule has 1 amide bonds. The van der Waals surface area contributed by atoms with Gasteiger partial charge in [0.15, 0.2) is 0 Å². The number of anilines is 1. The minimum Gasteiger partial charge on any atom is -0.319 e. The molecule has 1 N–H and O–H groups in total. The average Bonchev–Trinajstić information content (AvgIpc) is 2.74. The molecule has 118 valence electrons. The zero-order valence-corrected chi connectivity index (χ0v) is 13.9. The summed E-state index contributed by atoms with van der Waals surface area (Å²) in [5.74, 6) is -0.175. The zero-order valence-electron chi connectivity index (χ0n) is 13.9. The van der Waals surface area contributed by atoms with Gasteiger partial charge in [-0.05, 0) is 45.9 Å². The number of hydrogen-bond donors (Lipinski definition) is 1. The fourth-order valence-electron chi connectivity index (χ4n) is 2.51. The first-order chi connectivity index (χ1) is 10.9. The van der Waals surface area contributed by atoms with Gasteiger partial charge >= 0.3 is 0 Å². The first kappa shape index (κ1) is 15.1. The van der Waals surface area contributed by atoms with Crippen LogP contribution in [0.25, 0.3) is 11.0 Å². The number of rotatable bonds is 2. The van der Waals surface area contributed by atoms with E-state index < -0.39 is 0 Å². The molecule has 1 aromatic carbocycles. The van der Waals surface area contributed by atoms with Gasteiger partial charge in [-0.1, -0.05) is 0 Å². The van der Waals surface area contributed by atoms with Crippen molar-refractivity contribution in [2.75, 3.05) is 5.32 Å². The van der Waals surface area contributed by atoms with Crippen molar-refractivity contribution in [2.24, 2.45) is 7.05 Å². The van der Waals surface area contributed by atoms with Crippen LogP contribution in [0, 0.1) is 27.7 Å². The minimum atomic E-state index is -0.175. The van der Waals surface area contributed by atoms with E-state index in [4.69, 9.17) is 0 Å². The van der Waals surface area contributed by atoms with Crippen molar-refractivity contribution in [3.8, 4) is 0 Å². The molecular weight excluding hydrogens is 290 g/mol. The van der Waals surface area contributed by atoms with Gasteiger partial charge in [0.1, 0.15) is 0 Å². The summed E-state index contributed by atoms with van der Waals surface area (Å²) in [5, 5.41) is 7.24. The van der Waals surface area contributed by atoms with Crippen molar-refractivity contribution in [3.63, 3.8) is 0 Å². The maximum Gasteiger partial charge on any atom is 0.255 e. The molecule has 6 heteroatoms. The second kappa shape index (κ2) is 5.46. The topological polar surface area (TPSA) is 72.7 Å². The lowest BCUT2D eigenvalue weighted by Crippen LogP contribution is -2.13. The monoisotopic (exact) mass is 309 g/mol. The normalized spacial score (nSPS) is 11.0. The Morgan fingerprint density at radius 2 is 1.65 bits per heavy atom. The van der Waals surface area contributed by atoms with Crippen molar-refractivity contribution in [3.05, 3.63) is 46.5 Å².